The number of carbonyl (C=O) groups is 1. The van der Waals surface area contributed by atoms with Gasteiger partial charge in [0.25, 0.3) is 0 Å². The molecule has 11 heteroatoms. The van der Waals surface area contributed by atoms with Crippen LogP contribution in [0.5, 0.6) is 17.2 Å². The van der Waals surface area contributed by atoms with E-state index >= 15 is 0 Å². The average molecular weight is 520 g/mol. The van der Waals surface area contributed by atoms with Gasteiger partial charge in [0, 0.05) is 30.1 Å². The van der Waals surface area contributed by atoms with Crippen molar-refractivity contribution in [2.45, 2.75) is 19.9 Å². The molecule has 0 spiro atoms. The molecular weight excluding hydrogens is 493 g/mol. The summed E-state index contributed by atoms with van der Waals surface area (Å²) in [7, 11) is 1.50. The maximum atomic E-state index is 14.7. The Balaban J connectivity index is 1.50. The van der Waals surface area contributed by atoms with E-state index in [9.17, 15) is 14.4 Å². The van der Waals surface area contributed by atoms with Crippen molar-refractivity contribution in [2.24, 2.45) is 0 Å². The summed E-state index contributed by atoms with van der Waals surface area (Å²) >= 11 is 0. The van der Waals surface area contributed by atoms with Crippen LogP contribution < -0.4 is 19.5 Å². The fourth-order valence-electron chi connectivity index (χ4n) is 4.03. The van der Waals surface area contributed by atoms with Gasteiger partial charge < -0.3 is 29.2 Å². The van der Waals surface area contributed by atoms with Crippen molar-refractivity contribution >= 4 is 22.7 Å². The number of aliphatic carboxylic acids is 1. The summed E-state index contributed by atoms with van der Waals surface area (Å²) in [5.74, 6) is 0.578. The maximum Gasteiger partial charge on any atom is 0.306 e. The van der Waals surface area contributed by atoms with Crippen LogP contribution in [0.15, 0.2) is 48.8 Å². The van der Waals surface area contributed by atoms with Crippen molar-refractivity contribution in [3.05, 3.63) is 60.3 Å². The molecule has 0 unspecified atom stereocenters. The second-order valence-electron chi connectivity index (χ2n) is 8.11. The molecule has 2 N–H and O–H groups in total. The molecule has 0 saturated heterocycles. The van der Waals surface area contributed by atoms with Crippen molar-refractivity contribution in [3.8, 4) is 34.6 Å². The summed E-state index contributed by atoms with van der Waals surface area (Å²) in [5.41, 5.74) is 2.00. The molecule has 4 aromatic rings. The Morgan fingerprint density at radius 3 is 2.68 bits per heavy atom. The molecular formula is C27H26FN5O5. The smallest absolute Gasteiger partial charge is 0.306 e. The number of hydrogen-bond acceptors (Lipinski definition) is 8. The van der Waals surface area contributed by atoms with E-state index in [1.54, 1.807) is 34.9 Å². The predicted octanol–water partition coefficient (Wildman–Crippen LogP) is 4.48. The first-order valence-electron chi connectivity index (χ1n) is 11.9. The lowest BCUT2D eigenvalue weighted by molar-refractivity contribution is -0.137. The number of carboxylic acids is 1. The van der Waals surface area contributed by atoms with E-state index in [1.165, 1.54) is 25.6 Å². The SMILES string of the molecule is CCOc1cc(-c2cc(NCCn3c(C#N)cc4c(OC)ccc(F)c43)ncn2)ccc1OCCC(=O)O. The molecule has 196 valence electrons. The Hall–Kier alpha value is -4.85. The number of ether oxygens (including phenoxy) is 3. The van der Waals surface area contributed by atoms with Gasteiger partial charge in [0.05, 0.1) is 38.0 Å². The minimum Gasteiger partial charge on any atom is -0.496 e. The van der Waals surface area contributed by atoms with Crippen LogP contribution in [-0.4, -0.2) is 52.5 Å². The molecule has 0 fully saturated rings. The summed E-state index contributed by atoms with van der Waals surface area (Å²) in [6.45, 7) is 2.95. The van der Waals surface area contributed by atoms with E-state index in [4.69, 9.17) is 19.3 Å². The van der Waals surface area contributed by atoms with Crippen LogP contribution >= 0.6 is 0 Å². The molecule has 2 heterocycles. The second-order valence-corrected chi connectivity index (χ2v) is 8.11. The molecule has 0 aliphatic heterocycles. The topological polar surface area (TPSA) is 132 Å². The summed E-state index contributed by atoms with van der Waals surface area (Å²) in [6.07, 6.45) is 1.30. The first kappa shape index (κ1) is 26.2. The second kappa shape index (κ2) is 11.9. The van der Waals surface area contributed by atoms with Crippen LogP contribution in [0, 0.1) is 17.1 Å². The number of hydrogen-bond donors (Lipinski definition) is 2. The fraction of sp³-hybridized carbons (Fsp3) is 0.259. The molecule has 0 aliphatic carbocycles. The van der Waals surface area contributed by atoms with Crippen molar-refractivity contribution in [2.75, 3.05) is 32.2 Å². The van der Waals surface area contributed by atoms with Crippen molar-refractivity contribution in [1.29, 1.82) is 5.26 Å². The molecule has 0 radical (unpaired) electrons. The summed E-state index contributed by atoms with van der Waals surface area (Å²) in [5, 5.41) is 22.2. The van der Waals surface area contributed by atoms with E-state index in [1.807, 2.05) is 6.92 Å². The summed E-state index contributed by atoms with van der Waals surface area (Å²) in [6, 6.07) is 13.6. The number of aromatic nitrogens is 3. The average Bonchev–Trinajstić information content (AvgIpc) is 3.29. The zero-order valence-corrected chi connectivity index (χ0v) is 20.9. The summed E-state index contributed by atoms with van der Waals surface area (Å²) in [4.78, 5) is 19.4. The van der Waals surface area contributed by atoms with Crippen LogP contribution in [-0.2, 0) is 11.3 Å². The van der Waals surface area contributed by atoms with Crippen LogP contribution in [0.4, 0.5) is 10.2 Å². The number of methoxy groups -OCH3 is 1. The quantitative estimate of drug-likeness (QED) is 0.278. The molecule has 10 nitrogen and oxygen atoms in total. The highest BCUT2D eigenvalue weighted by atomic mass is 19.1. The molecule has 0 saturated carbocycles. The van der Waals surface area contributed by atoms with Gasteiger partial charge in [0.2, 0.25) is 0 Å². The number of rotatable bonds is 12. The zero-order chi connectivity index (χ0) is 27.1. The minimum atomic E-state index is -0.945. The van der Waals surface area contributed by atoms with Crippen LogP contribution in [0.25, 0.3) is 22.2 Å². The fourth-order valence-corrected chi connectivity index (χ4v) is 4.03. The Morgan fingerprint density at radius 1 is 1.13 bits per heavy atom. The normalized spacial score (nSPS) is 10.7. The Kier molecular flexibility index (Phi) is 8.23. The molecule has 2 aromatic heterocycles. The van der Waals surface area contributed by atoms with Gasteiger partial charge in [0.1, 0.15) is 35.5 Å². The Bertz CT molecular complexity index is 1500. The van der Waals surface area contributed by atoms with E-state index in [0.29, 0.717) is 65.1 Å². The lowest BCUT2D eigenvalue weighted by Gasteiger charge is -2.13. The lowest BCUT2D eigenvalue weighted by atomic mass is 10.1. The molecule has 0 amide bonds. The number of anilines is 1. The third kappa shape index (κ3) is 5.75. The van der Waals surface area contributed by atoms with Gasteiger partial charge >= 0.3 is 5.97 Å². The van der Waals surface area contributed by atoms with Crippen molar-refractivity contribution in [3.63, 3.8) is 0 Å². The van der Waals surface area contributed by atoms with Crippen molar-refractivity contribution in [1.82, 2.24) is 14.5 Å². The third-order valence-electron chi connectivity index (χ3n) is 5.73. The minimum absolute atomic E-state index is 0.0250. The van der Waals surface area contributed by atoms with Gasteiger partial charge in [-0.1, -0.05) is 0 Å². The number of fused-ring (bicyclic) bond motifs is 1. The largest absolute Gasteiger partial charge is 0.496 e. The van der Waals surface area contributed by atoms with Gasteiger partial charge in [-0.2, -0.15) is 5.26 Å². The van der Waals surface area contributed by atoms with E-state index in [2.05, 4.69) is 21.4 Å². The maximum absolute atomic E-state index is 14.7. The molecule has 38 heavy (non-hydrogen) atoms. The predicted molar refractivity (Wildman–Crippen MR) is 138 cm³/mol. The first-order chi connectivity index (χ1) is 18.4. The lowest BCUT2D eigenvalue weighted by Crippen LogP contribution is -2.13. The number of benzene rings is 2. The highest BCUT2D eigenvalue weighted by Crippen LogP contribution is 2.33. The highest BCUT2D eigenvalue weighted by Gasteiger charge is 2.16. The molecule has 0 bridgehead atoms. The van der Waals surface area contributed by atoms with Gasteiger partial charge in [-0.05, 0) is 43.3 Å². The zero-order valence-electron chi connectivity index (χ0n) is 20.9. The van der Waals surface area contributed by atoms with E-state index in [-0.39, 0.29) is 13.0 Å². The molecule has 4 rings (SSSR count). The van der Waals surface area contributed by atoms with Gasteiger partial charge in [-0.15, -0.1) is 0 Å². The van der Waals surface area contributed by atoms with Crippen LogP contribution in [0.2, 0.25) is 0 Å². The van der Waals surface area contributed by atoms with Gasteiger partial charge in [-0.3, -0.25) is 4.79 Å². The van der Waals surface area contributed by atoms with Crippen LogP contribution in [0.3, 0.4) is 0 Å². The number of nitriles is 1. The number of nitrogens with one attached hydrogen (secondary N) is 1. The molecule has 0 aliphatic rings. The van der Waals surface area contributed by atoms with Crippen molar-refractivity contribution < 1.29 is 28.5 Å². The van der Waals surface area contributed by atoms with Crippen LogP contribution in [0.1, 0.15) is 19.0 Å². The molecule has 2 aromatic carbocycles. The molecule has 0 atom stereocenters. The Morgan fingerprint density at radius 2 is 1.95 bits per heavy atom. The number of halogens is 1. The summed E-state index contributed by atoms with van der Waals surface area (Å²) < 4.78 is 32.8. The van der Waals surface area contributed by atoms with E-state index < -0.39 is 11.8 Å². The number of nitrogens with zero attached hydrogens (tertiary/aromatic N) is 4. The Labute approximate surface area is 218 Å². The third-order valence-corrected chi connectivity index (χ3v) is 5.73. The van der Waals surface area contributed by atoms with Gasteiger partial charge in [0.15, 0.2) is 11.5 Å². The van der Waals surface area contributed by atoms with E-state index in [0.717, 1.165) is 5.56 Å². The monoisotopic (exact) mass is 519 g/mol. The highest BCUT2D eigenvalue weighted by molar-refractivity contribution is 5.88. The number of carboxylic acid groups (broad SMARTS) is 1. The standard InChI is InChI=1S/C27H26FN5O5/c1-3-37-24-12-17(4-6-23(24)38-11-8-26(34)35)21-14-25(32-16-31-21)30-9-10-33-18(15-29)13-19-22(36-2)7-5-20(28)27(19)33/h4-7,12-14,16H,3,8-11H2,1-2H3,(H,34,35)(H,30,31,32). The van der Waals surface area contributed by atoms with Gasteiger partial charge in [-0.25, -0.2) is 14.4 Å². The first-order valence-corrected chi connectivity index (χ1v) is 11.9.